The van der Waals surface area contributed by atoms with Crippen LogP contribution in [0.25, 0.3) is 6.08 Å². The molecule has 9 heteroatoms. The number of nitrogens with one attached hydrogen (secondary N) is 1. The number of aryl methyl sites for hydroxylation is 2. The highest BCUT2D eigenvalue weighted by atomic mass is 32.2. The maximum absolute atomic E-state index is 12.6. The number of thioether (sulfide) groups is 1. The van der Waals surface area contributed by atoms with E-state index >= 15 is 0 Å². The second-order valence-corrected chi connectivity index (χ2v) is 9.31. The summed E-state index contributed by atoms with van der Waals surface area (Å²) in [7, 11) is 1.46. The van der Waals surface area contributed by atoms with Crippen LogP contribution in [-0.2, 0) is 17.9 Å². The van der Waals surface area contributed by atoms with Gasteiger partial charge in [-0.15, -0.1) is 0 Å². The number of carbonyl (C=O) groups excluding carboxylic acids is 1. The van der Waals surface area contributed by atoms with E-state index in [9.17, 15) is 14.9 Å². The third-order valence-electron chi connectivity index (χ3n) is 5.37. The Morgan fingerprint density at radius 1 is 1.03 bits per heavy atom. The van der Waals surface area contributed by atoms with Crippen molar-refractivity contribution in [3.05, 3.63) is 104 Å². The molecule has 0 bridgehead atoms. The molecule has 1 fully saturated rings. The summed E-state index contributed by atoms with van der Waals surface area (Å²) in [5.74, 6) is 0.210. The van der Waals surface area contributed by atoms with Crippen LogP contribution in [0.15, 0.2) is 70.6 Å². The van der Waals surface area contributed by atoms with Gasteiger partial charge >= 0.3 is 0 Å². The molecule has 1 heterocycles. The molecule has 3 aromatic carbocycles. The second kappa shape index (κ2) is 11.1. The van der Waals surface area contributed by atoms with Crippen LogP contribution in [0.4, 0.5) is 5.69 Å². The zero-order valence-corrected chi connectivity index (χ0v) is 20.9. The predicted molar refractivity (Wildman–Crippen MR) is 141 cm³/mol. The van der Waals surface area contributed by atoms with Crippen LogP contribution in [0.1, 0.15) is 27.8 Å². The SMILES string of the molecule is COc1cc(/C=C2\SC(=NCc3cc(C)cc(C)c3)NC2=O)c([N+](=O)[O-])cc1OCc1ccccc1. The Morgan fingerprint density at radius 3 is 2.42 bits per heavy atom. The zero-order chi connectivity index (χ0) is 25.7. The Kier molecular flexibility index (Phi) is 7.70. The number of carbonyl (C=O) groups is 1. The van der Waals surface area contributed by atoms with Crippen LogP contribution in [0.2, 0.25) is 0 Å². The number of rotatable bonds is 8. The summed E-state index contributed by atoms with van der Waals surface area (Å²) < 4.78 is 11.2. The lowest BCUT2D eigenvalue weighted by Crippen LogP contribution is -2.19. The van der Waals surface area contributed by atoms with Gasteiger partial charge in [-0.2, -0.15) is 0 Å². The van der Waals surface area contributed by atoms with Crippen molar-refractivity contribution in [3.8, 4) is 11.5 Å². The van der Waals surface area contributed by atoms with Gasteiger partial charge in [0.15, 0.2) is 16.7 Å². The molecular formula is C27H25N3O5S. The lowest BCUT2D eigenvalue weighted by Gasteiger charge is -2.12. The summed E-state index contributed by atoms with van der Waals surface area (Å²) in [5.41, 5.74) is 4.29. The average molecular weight is 504 g/mol. The van der Waals surface area contributed by atoms with E-state index < -0.39 is 4.92 Å². The third kappa shape index (κ3) is 6.11. The molecule has 4 rings (SSSR count). The first kappa shape index (κ1) is 25.0. The molecule has 36 heavy (non-hydrogen) atoms. The molecule has 1 amide bonds. The van der Waals surface area contributed by atoms with Crippen molar-refractivity contribution in [2.75, 3.05) is 7.11 Å². The van der Waals surface area contributed by atoms with Crippen molar-refractivity contribution < 1.29 is 19.2 Å². The van der Waals surface area contributed by atoms with Gasteiger partial charge in [0.1, 0.15) is 6.61 Å². The maximum atomic E-state index is 12.6. The molecule has 1 aliphatic heterocycles. The number of hydrogen-bond donors (Lipinski definition) is 1. The van der Waals surface area contributed by atoms with E-state index in [1.165, 1.54) is 25.3 Å². The van der Waals surface area contributed by atoms with Crippen LogP contribution >= 0.6 is 11.8 Å². The molecule has 0 radical (unpaired) electrons. The average Bonchev–Trinajstić information content (AvgIpc) is 3.20. The molecule has 0 aromatic heterocycles. The standard InChI is InChI=1S/C27H25N3O5S/c1-17-9-18(2)11-20(10-17)15-28-27-29-26(31)25(36-27)13-21-12-23(34-3)24(14-22(21)30(32)33)35-16-19-7-5-4-6-8-19/h4-14H,15-16H2,1-3H3,(H,28,29,31)/b25-13-. The largest absolute Gasteiger partial charge is 0.493 e. The Hall–Kier alpha value is -4.11. The molecule has 0 unspecified atom stereocenters. The van der Waals surface area contributed by atoms with E-state index in [0.29, 0.717) is 22.4 Å². The lowest BCUT2D eigenvalue weighted by atomic mass is 10.1. The van der Waals surface area contributed by atoms with E-state index in [4.69, 9.17) is 9.47 Å². The maximum Gasteiger partial charge on any atom is 0.280 e. The topological polar surface area (TPSA) is 103 Å². The number of nitro groups is 1. The van der Waals surface area contributed by atoms with Crippen LogP contribution in [0, 0.1) is 24.0 Å². The number of benzene rings is 3. The van der Waals surface area contributed by atoms with E-state index in [1.54, 1.807) is 0 Å². The zero-order valence-electron chi connectivity index (χ0n) is 20.1. The van der Waals surface area contributed by atoms with E-state index in [1.807, 2.05) is 56.3 Å². The van der Waals surface area contributed by atoms with E-state index in [-0.39, 0.29) is 29.5 Å². The first-order chi connectivity index (χ1) is 17.3. The van der Waals surface area contributed by atoms with Crippen molar-refractivity contribution in [1.82, 2.24) is 5.32 Å². The van der Waals surface area contributed by atoms with Crippen molar-refractivity contribution in [1.29, 1.82) is 0 Å². The minimum absolute atomic E-state index is 0.194. The summed E-state index contributed by atoms with van der Waals surface area (Å²) in [4.78, 5) is 28.7. The van der Waals surface area contributed by atoms with Crippen LogP contribution in [-0.4, -0.2) is 23.1 Å². The van der Waals surface area contributed by atoms with Crippen LogP contribution in [0.3, 0.4) is 0 Å². The third-order valence-corrected chi connectivity index (χ3v) is 6.32. The Morgan fingerprint density at radius 2 is 1.75 bits per heavy atom. The van der Waals surface area contributed by atoms with Gasteiger partial charge in [0.2, 0.25) is 0 Å². The number of hydrogen-bond acceptors (Lipinski definition) is 7. The quantitative estimate of drug-likeness (QED) is 0.245. The fourth-order valence-electron chi connectivity index (χ4n) is 3.81. The van der Waals surface area contributed by atoms with Gasteiger partial charge in [0, 0.05) is 0 Å². The van der Waals surface area contributed by atoms with Crippen molar-refractivity contribution in [3.63, 3.8) is 0 Å². The van der Waals surface area contributed by atoms with Crippen LogP contribution < -0.4 is 14.8 Å². The summed E-state index contributed by atoms with van der Waals surface area (Å²) in [5, 5.41) is 15.0. The van der Waals surface area contributed by atoms with Gasteiger partial charge in [-0.3, -0.25) is 19.9 Å². The molecular weight excluding hydrogens is 478 g/mol. The lowest BCUT2D eigenvalue weighted by molar-refractivity contribution is -0.385. The Bertz CT molecular complexity index is 1350. The van der Waals surface area contributed by atoms with Gasteiger partial charge in [-0.1, -0.05) is 59.7 Å². The summed E-state index contributed by atoms with van der Waals surface area (Å²) in [6.07, 6.45) is 1.47. The summed E-state index contributed by atoms with van der Waals surface area (Å²) >= 11 is 1.14. The fraction of sp³-hybridized carbons (Fsp3) is 0.185. The number of aliphatic imine (C=N–C) groups is 1. The predicted octanol–water partition coefficient (Wildman–Crippen LogP) is 5.56. The molecule has 3 aromatic rings. The first-order valence-electron chi connectivity index (χ1n) is 11.2. The minimum atomic E-state index is -0.506. The highest BCUT2D eigenvalue weighted by Gasteiger charge is 2.26. The van der Waals surface area contributed by atoms with Gasteiger partial charge in [0.25, 0.3) is 11.6 Å². The molecule has 1 N–H and O–H groups in total. The molecule has 0 spiro atoms. The smallest absolute Gasteiger partial charge is 0.280 e. The number of nitrogens with zero attached hydrogens (tertiary/aromatic N) is 2. The molecule has 0 atom stereocenters. The molecule has 184 valence electrons. The molecule has 1 aliphatic rings. The van der Waals surface area contributed by atoms with E-state index in [0.717, 1.165) is 34.0 Å². The van der Waals surface area contributed by atoms with Crippen LogP contribution in [0.5, 0.6) is 11.5 Å². The second-order valence-electron chi connectivity index (χ2n) is 8.28. The monoisotopic (exact) mass is 503 g/mol. The number of ether oxygens (including phenoxy) is 2. The molecule has 0 saturated carbocycles. The highest BCUT2D eigenvalue weighted by molar-refractivity contribution is 8.18. The summed E-state index contributed by atoms with van der Waals surface area (Å²) in [6, 6.07) is 18.5. The number of amidine groups is 1. The van der Waals surface area contributed by atoms with Gasteiger partial charge in [-0.25, -0.2) is 0 Å². The fourth-order valence-corrected chi connectivity index (χ4v) is 4.62. The van der Waals surface area contributed by atoms with Crippen molar-refractivity contribution >= 4 is 34.6 Å². The summed E-state index contributed by atoms with van der Waals surface area (Å²) in [6.45, 7) is 4.69. The molecule has 1 saturated heterocycles. The van der Waals surface area contributed by atoms with E-state index in [2.05, 4.69) is 16.4 Å². The number of nitro benzene ring substituents is 1. The number of methoxy groups -OCH3 is 1. The first-order valence-corrected chi connectivity index (χ1v) is 12.0. The molecule has 8 nitrogen and oxygen atoms in total. The van der Waals surface area contributed by atoms with Gasteiger partial charge in [-0.05, 0) is 48.9 Å². The Labute approximate surface area is 213 Å². The highest BCUT2D eigenvalue weighted by Crippen LogP contribution is 2.38. The normalized spacial score (nSPS) is 15.2. The van der Waals surface area contributed by atoms with Gasteiger partial charge in [0.05, 0.1) is 35.1 Å². The molecule has 0 aliphatic carbocycles. The van der Waals surface area contributed by atoms with Crippen molar-refractivity contribution in [2.45, 2.75) is 27.0 Å². The van der Waals surface area contributed by atoms with Gasteiger partial charge < -0.3 is 14.8 Å². The number of amides is 1. The van der Waals surface area contributed by atoms with Crippen molar-refractivity contribution in [2.24, 2.45) is 4.99 Å². The minimum Gasteiger partial charge on any atom is -0.493 e. The Balaban J connectivity index is 1.57.